The average molecular weight is 538 g/mol. The Hall–Kier alpha value is -2.78. The van der Waals surface area contributed by atoms with Gasteiger partial charge in [-0.15, -0.1) is 0 Å². The number of carbonyl (C=O) groups excluding carboxylic acids is 3. The quantitative estimate of drug-likeness (QED) is 0.210. The molecule has 1 aromatic rings. The van der Waals surface area contributed by atoms with E-state index in [2.05, 4.69) is 18.0 Å². The van der Waals surface area contributed by atoms with Crippen molar-refractivity contribution >= 4 is 23.3 Å². The summed E-state index contributed by atoms with van der Waals surface area (Å²) in [5.41, 5.74) is 14.5. The number of benzene rings is 1. The van der Waals surface area contributed by atoms with Gasteiger partial charge in [0.05, 0.1) is 18.3 Å². The van der Waals surface area contributed by atoms with Crippen molar-refractivity contribution in [2.45, 2.75) is 94.2 Å². The third kappa shape index (κ3) is 4.99. The zero-order valence-electron chi connectivity index (χ0n) is 23.3. The molecular formula is C30H43N5O4. The van der Waals surface area contributed by atoms with Crippen LogP contribution < -0.4 is 16.2 Å². The molecule has 1 saturated heterocycles. The summed E-state index contributed by atoms with van der Waals surface area (Å²) in [6.07, 6.45) is 6.71. The number of piperidine rings is 1. The summed E-state index contributed by atoms with van der Waals surface area (Å²) in [6, 6.07) is 4.10. The standard InChI is InChI=1S/C30H43N5O4/c1-34-15-13-30-20-11-12-24(37)29(30)39-28-19(10-9-18(27(28)30)16-22(20)34)17-26(38)35(2)14-5-7-23(36)21(31)6-3-4-8-25(32)33/h9-10,20-22,29H,3-8,11-17,31H2,1-2H3,(H3,32,33)/t20?,21-,22+,29-,30-/m0/s1. The Labute approximate surface area is 231 Å². The number of amides is 1. The van der Waals surface area contributed by atoms with E-state index >= 15 is 0 Å². The van der Waals surface area contributed by atoms with E-state index in [9.17, 15) is 14.4 Å². The molecule has 39 heavy (non-hydrogen) atoms. The van der Waals surface area contributed by atoms with Gasteiger partial charge in [-0.3, -0.25) is 19.8 Å². The van der Waals surface area contributed by atoms with Gasteiger partial charge in [-0.25, -0.2) is 0 Å². The lowest BCUT2D eigenvalue weighted by atomic mass is 9.51. The zero-order valence-corrected chi connectivity index (χ0v) is 23.3. The Kier molecular flexibility index (Phi) is 7.84. The van der Waals surface area contributed by atoms with Crippen LogP contribution in [0.25, 0.3) is 0 Å². The summed E-state index contributed by atoms with van der Waals surface area (Å²) < 4.78 is 6.51. The van der Waals surface area contributed by atoms with Gasteiger partial charge in [0, 0.05) is 55.4 Å². The summed E-state index contributed by atoms with van der Waals surface area (Å²) in [5, 5.41) is 7.26. The number of likely N-dealkylation sites (tertiary alicyclic amines) is 1. The third-order valence-electron chi connectivity index (χ3n) is 9.80. The number of likely N-dealkylation sites (N-methyl/N-ethyl adjacent to an activating group) is 2. The molecule has 1 amide bonds. The highest BCUT2D eigenvalue weighted by atomic mass is 16.5. The van der Waals surface area contributed by atoms with Crippen LogP contribution in [0.5, 0.6) is 5.75 Å². The number of carbonyl (C=O) groups is 3. The third-order valence-corrected chi connectivity index (χ3v) is 9.80. The maximum Gasteiger partial charge on any atom is 0.226 e. The second-order valence-corrected chi connectivity index (χ2v) is 12.2. The minimum Gasteiger partial charge on any atom is -0.481 e. The number of amidine groups is 1. The number of ether oxygens (including phenoxy) is 1. The van der Waals surface area contributed by atoms with Crippen molar-refractivity contribution in [2.75, 3.05) is 27.2 Å². The van der Waals surface area contributed by atoms with E-state index < -0.39 is 12.1 Å². The largest absolute Gasteiger partial charge is 0.481 e. The summed E-state index contributed by atoms with van der Waals surface area (Å²) >= 11 is 0. The van der Waals surface area contributed by atoms with Gasteiger partial charge >= 0.3 is 0 Å². The molecule has 9 nitrogen and oxygen atoms in total. The summed E-state index contributed by atoms with van der Waals surface area (Å²) in [7, 11) is 3.97. The fourth-order valence-corrected chi connectivity index (χ4v) is 7.67. The Morgan fingerprint density at radius 2 is 2.05 bits per heavy atom. The molecule has 5 atom stereocenters. The van der Waals surface area contributed by atoms with Gasteiger partial charge in [0.25, 0.3) is 0 Å². The number of unbranched alkanes of at least 4 members (excludes halogenated alkanes) is 1. The number of hydrogen-bond acceptors (Lipinski definition) is 7. The molecule has 2 aliphatic heterocycles. The van der Waals surface area contributed by atoms with Crippen LogP contribution in [0.15, 0.2) is 12.1 Å². The number of rotatable bonds is 12. The molecule has 4 aliphatic rings. The SMILES string of the molecule is CN(CCCC(=O)[C@@H](N)CCCCC(=N)N)C(=O)Cc1ccc2c3c1O[C@H]1C(=O)CCC4[C@@H](C2)N(C)CC[C@@]341. The first-order chi connectivity index (χ1) is 18.6. The van der Waals surface area contributed by atoms with Crippen LogP contribution in [-0.2, 0) is 32.6 Å². The van der Waals surface area contributed by atoms with Gasteiger partial charge < -0.3 is 26.0 Å². The molecule has 2 aliphatic carbocycles. The molecule has 1 spiro atoms. The molecule has 9 heteroatoms. The van der Waals surface area contributed by atoms with Gasteiger partial charge in [0.2, 0.25) is 5.91 Å². The fourth-order valence-electron chi connectivity index (χ4n) is 7.67. The first kappa shape index (κ1) is 27.8. The van der Waals surface area contributed by atoms with Crippen LogP contribution in [-0.4, -0.2) is 78.5 Å². The van der Waals surface area contributed by atoms with E-state index in [-0.39, 0.29) is 35.1 Å². The summed E-state index contributed by atoms with van der Waals surface area (Å²) in [4.78, 5) is 42.9. The molecule has 1 saturated carbocycles. The lowest BCUT2D eigenvalue weighted by molar-refractivity contribution is -0.138. The highest BCUT2D eigenvalue weighted by molar-refractivity contribution is 5.89. The van der Waals surface area contributed by atoms with Gasteiger partial charge in [-0.05, 0) is 63.6 Å². The maximum absolute atomic E-state index is 13.2. The molecule has 5 rings (SSSR count). The smallest absolute Gasteiger partial charge is 0.226 e. The van der Waals surface area contributed by atoms with Crippen LogP contribution in [0, 0.1) is 11.3 Å². The predicted molar refractivity (Wildman–Crippen MR) is 149 cm³/mol. The Bertz CT molecular complexity index is 1170. The van der Waals surface area contributed by atoms with Crippen molar-refractivity contribution in [1.29, 1.82) is 5.41 Å². The van der Waals surface area contributed by atoms with Gasteiger partial charge in [0.1, 0.15) is 11.5 Å². The Morgan fingerprint density at radius 3 is 2.82 bits per heavy atom. The Balaban J connectivity index is 1.21. The molecular weight excluding hydrogens is 494 g/mol. The van der Waals surface area contributed by atoms with E-state index in [1.807, 2.05) is 6.07 Å². The van der Waals surface area contributed by atoms with E-state index in [0.717, 1.165) is 50.0 Å². The highest BCUT2D eigenvalue weighted by Crippen LogP contribution is 2.62. The number of nitrogens with two attached hydrogens (primary N) is 2. The first-order valence-electron chi connectivity index (χ1n) is 14.5. The molecule has 212 valence electrons. The monoisotopic (exact) mass is 537 g/mol. The second-order valence-electron chi connectivity index (χ2n) is 12.2. The minimum atomic E-state index is -0.511. The Morgan fingerprint density at radius 1 is 1.26 bits per heavy atom. The number of ketones is 2. The molecule has 2 fully saturated rings. The van der Waals surface area contributed by atoms with Crippen molar-refractivity contribution in [2.24, 2.45) is 17.4 Å². The average Bonchev–Trinajstić information content (AvgIpc) is 3.26. The topological polar surface area (TPSA) is 143 Å². The maximum atomic E-state index is 13.2. The van der Waals surface area contributed by atoms with E-state index in [1.165, 1.54) is 11.1 Å². The van der Waals surface area contributed by atoms with Gasteiger partial charge in [-0.2, -0.15) is 0 Å². The van der Waals surface area contributed by atoms with Crippen molar-refractivity contribution < 1.29 is 19.1 Å². The predicted octanol–water partition coefficient (Wildman–Crippen LogP) is 2.10. The van der Waals surface area contributed by atoms with Crippen LogP contribution in [0.4, 0.5) is 0 Å². The first-order valence-corrected chi connectivity index (χ1v) is 14.5. The lowest BCUT2D eigenvalue weighted by Gasteiger charge is -2.57. The van der Waals surface area contributed by atoms with Crippen LogP contribution in [0.2, 0.25) is 0 Å². The molecule has 1 unspecified atom stereocenters. The number of nitrogens with one attached hydrogen (secondary N) is 1. The normalized spacial score (nSPS) is 27.5. The number of hydrogen-bond donors (Lipinski definition) is 3. The van der Waals surface area contributed by atoms with E-state index in [1.54, 1.807) is 11.9 Å². The van der Waals surface area contributed by atoms with Crippen molar-refractivity contribution in [3.8, 4) is 5.75 Å². The fraction of sp³-hybridized carbons (Fsp3) is 0.667. The number of Topliss-reactive ketones (excluding diaryl/α,β-unsaturated/α-hetero) is 2. The van der Waals surface area contributed by atoms with Gasteiger partial charge in [0.15, 0.2) is 11.9 Å². The molecule has 0 radical (unpaired) electrons. The highest BCUT2D eigenvalue weighted by Gasteiger charge is 2.65. The minimum absolute atomic E-state index is 0.00690. The number of nitrogens with zero attached hydrogens (tertiary/aromatic N) is 2. The second kappa shape index (κ2) is 11.0. The molecule has 0 aromatic heterocycles. The van der Waals surface area contributed by atoms with E-state index in [4.69, 9.17) is 21.6 Å². The van der Waals surface area contributed by atoms with Crippen LogP contribution in [0.3, 0.4) is 0 Å². The van der Waals surface area contributed by atoms with E-state index in [0.29, 0.717) is 50.6 Å². The summed E-state index contributed by atoms with van der Waals surface area (Å²) in [6.45, 7) is 1.43. The van der Waals surface area contributed by atoms with Crippen molar-refractivity contribution in [3.63, 3.8) is 0 Å². The molecule has 2 heterocycles. The van der Waals surface area contributed by atoms with Crippen molar-refractivity contribution in [3.05, 3.63) is 28.8 Å². The van der Waals surface area contributed by atoms with Gasteiger partial charge in [-0.1, -0.05) is 18.6 Å². The van der Waals surface area contributed by atoms with Crippen molar-refractivity contribution in [1.82, 2.24) is 9.80 Å². The van der Waals surface area contributed by atoms with Crippen LogP contribution >= 0.6 is 0 Å². The molecule has 1 aromatic carbocycles. The zero-order chi connectivity index (χ0) is 27.9. The van der Waals surface area contributed by atoms with Crippen LogP contribution in [0.1, 0.15) is 74.5 Å². The lowest BCUT2D eigenvalue weighted by Crippen LogP contribution is -2.65. The molecule has 5 N–H and O–H groups in total. The summed E-state index contributed by atoms with van der Waals surface area (Å²) in [5.74, 6) is 1.54. The molecule has 2 bridgehead atoms.